The van der Waals surface area contributed by atoms with E-state index in [1.165, 1.54) is 25.6 Å². The molecule has 1 aromatic heterocycles. The first-order chi connectivity index (χ1) is 7.25. The molecular weight excluding hydrogens is 194 g/mol. The first kappa shape index (κ1) is 10.1. The molecule has 82 valence electrons. The summed E-state index contributed by atoms with van der Waals surface area (Å²) in [5, 5.41) is 12.7. The maximum atomic E-state index is 10.4. The molecular formula is C10H15N3O2. The third-order valence-corrected chi connectivity index (χ3v) is 2.91. The molecule has 5 heteroatoms. The molecule has 1 fully saturated rings. The van der Waals surface area contributed by atoms with E-state index < -0.39 is 5.97 Å². The fourth-order valence-electron chi connectivity index (χ4n) is 1.77. The number of aromatic nitrogens is 3. The van der Waals surface area contributed by atoms with Crippen molar-refractivity contribution in [2.24, 2.45) is 5.92 Å². The Bertz CT molecular complexity index is 344. The minimum atomic E-state index is -0.784. The van der Waals surface area contributed by atoms with Gasteiger partial charge in [-0.2, -0.15) is 5.10 Å². The van der Waals surface area contributed by atoms with Crippen molar-refractivity contribution in [2.45, 2.75) is 38.6 Å². The highest BCUT2D eigenvalue weighted by atomic mass is 16.4. The third-order valence-electron chi connectivity index (χ3n) is 2.91. The van der Waals surface area contributed by atoms with Crippen LogP contribution in [0.15, 0.2) is 6.33 Å². The largest absolute Gasteiger partial charge is 0.481 e. The molecule has 0 saturated heterocycles. The van der Waals surface area contributed by atoms with Gasteiger partial charge in [0, 0.05) is 13.0 Å². The van der Waals surface area contributed by atoms with Gasteiger partial charge in [0.15, 0.2) is 0 Å². The smallest absolute Gasteiger partial charge is 0.303 e. The monoisotopic (exact) mass is 209 g/mol. The first-order valence-corrected chi connectivity index (χ1v) is 5.34. The van der Waals surface area contributed by atoms with Crippen molar-refractivity contribution in [3.05, 3.63) is 12.2 Å². The van der Waals surface area contributed by atoms with E-state index in [2.05, 4.69) is 10.1 Å². The van der Waals surface area contributed by atoms with E-state index in [1.807, 2.05) is 4.68 Å². The van der Waals surface area contributed by atoms with Crippen LogP contribution in [0.2, 0.25) is 0 Å². The molecule has 2 rings (SSSR count). The first-order valence-electron chi connectivity index (χ1n) is 5.34. The molecule has 1 saturated carbocycles. The van der Waals surface area contributed by atoms with Crippen molar-refractivity contribution in [3.8, 4) is 0 Å². The Morgan fingerprint density at radius 2 is 2.40 bits per heavy atom. The van der Waals surface area contributed by atoms with E-state index in [0.717, 1.165) is 18.3 Å². The molecule has 0 aromatic carbocycles. The minimum Gasteiger partial charge on any atom is -0.481 e. The fraction of sp³-hybridized carbons (Fsp3) is 0.700. The molecule has 0 spiro atoms. The lowest BCUT2D eigenvalue weighted by molar-refractivity contribution is -0.137. The number of hydrogen-bond acceptors (Lipinski definition) is 3. The van der Waals surface area contributed by atoms with Gasteiger partial charge in [-0.3, -0.25) is 4.79 Å². The van der Waals surface area contributed by atoms with Gasteiger partial charge in [0.25, 0.3) is 0 Å². The van der Waals surface area contributed by atoms with Crippen molar-refractivity contribution in [1.82, 2.24) is 14.8 Å². The summed E-state index contributed by atoms with van der Waals surface area (Å²) in [6.45, 7) is 0.898. The van der Waals surface area contributed by atoms with Crippen LogP contribution in [0.3, 0.4) is 0 Å². The van der Waals surface area contributed by atoms with Crippen LogP contribution in [-0.4, -0.2) is 25.8 Å². The van der Waals surface area contributed by atoms with Gasteiger partial charge in [-0.25, -0.2) is 9.67 Å². The summed E-state index contributed by atoms with van der Waals surface area (Å²) in [5.41, 5.74) is 0. The Labute approximate surface area is 88.1 Å². The third kappa shape index (κ3) is 2.55. The second-order valence-corrected chi connectivity index (χ2v) is 4.05. The number of carboxylic acids is 1. The average Bonchev–Trinajstić information content (AvgIpc) is 2.55. The van der Waals surface area contributed by atoms with Crippen LogP contribution in [0, 0.1) is 5.92 Å². The predicted octanol–water partition coefficient (Wildman–Crippen LogP) is 1.10. The molecule has 0 bridgehead atoms. The normalized spacial score (nSPS) is 16.3. The van der Waals surface area contributed by atoms with Gasteiger partial charge in [-0.15, -0.1) is 0 Å². The van der Waals surface area contributed by atoms with Crippen LogP contribution in [-0.2, 0) is 17.8 Å². The summed E-state index contributed by atoms with van der Waals surface area (Å²) in [6.07, 6.45) is 5.95. The Kier molecular flexibility index (Phi) is 2.99. The van der Waals surface area contributed by atoms with Crippen LogP contribution in [0.1, 0.15) is 31.5 Å². The molecule has 0 aliphatic heterocycles. The zero-order chi connectivity index (χ0) is 10.7. The van der Waals surface area contributed by atoms with E-state index in [9.17, 15) is 4.79 Å². The average molecular weight is 209 g/mol. The topological polar surface area (TPSA) is 68.0 Å². The maximum Gasteiger partial charge on any atom is 0.303 e. The zero-order valence-corrected chi connectivity index (χ0v) is 8.59. The number of hydrogen-bond donors (Lipinski definition) is 1. The highest BCUT2D eigenvalue weighted by molar-refractivity contribution is 5.66. The lowest BCUT2D eigenvalue weighted by Gasteiger charge is -2.25. The van der Waals surface area contributed by atoms with E-state index in [4.69, 9.17) is 5.11 Å². The molecule has 15 heavy (non-hydrogen) atoms. The lowest BCUT2D eigenvalue weighted by atomic mass is 9.85. The Hall–Kier alpha value is -1.39. The summed E-state index contributed by atoms with van der Waals surface area (Å²) in [4.78, 5) is 14.5. The maximum absolute atomic E-state index is 10.4. The Morgan fingerprint density at radius 3 is 3.00 bits per heavy atom. The summed E-state index contributed by atoms with van der Waals surface area (Å²) >= 11 is 0. The van der Waals surface area contributed by atoms with Crippen LogP contribution in [0.5, 0.6) is 0 Å². The number of nitrogens with zero attached hydrogens (tertiary/aromatic N) is 3. The SMILES string of the molecule is O=C(O)CCc1ncnn1CC1CCC1. The second kappa shape index (κ2) is 4.42. The molecule has 5 nitrogen and oxygen atoms in total. The van der Waals surface area contributed by atoms with E-state index in [0.29, 0.717) is 6.42 Å². The lowest BCUT2D eigenvalue weighted by Crippen LogP contribution is -2.20. The minimum absolute atomic E-state index is 0.128. The van der Waals surface area contributed by atoms with Crippen molar-refractivity contribution < 1.29 is 9.90 Å². The van der Waals surface area contributed by atoms with Crippen LogP contribution in [0.25, 0.3) is 0 Å². The Balaban J connectivity index is 1.91. The van der Waals surface area contributed by atoms with Gasteiger partial charge in [0.05, 0.1) is 6.42 Å². The molecule has 1 N–H and O–H groups in total. The second-order valence-electron chi connectivity index (χ2n) is 4.05. The number of rotatable bonds is 5. The van der Waals surface area contributed by atoms with Gasteiger partial charge in [0.1, 0.15) is 12.2 Å². The number of carbonyl (C=O) groups is 1. The highest BCUT2D eigenvalue weighted by Crippen LogP contribution is 2.27. The summed E-state index contributed by atoms with van der Waals surface area (Å²) in [6, 6.07) is 0. The molecule has 0 radical (unpaired) electrons. The summed E-state index contributed by atoms with van der Waals surface area (Å²) in [5.74, 6) is 0.729. The van der Waals surface area contributed by atoms with Gasteiger partial charge in [0.2, 0.25) is 0 Å². The van der Waals surface area contributed by atoms with Gasteiger partial charge >= 0.3 is 5.97 Å². The molecule has 0 atom stereocenters. The van der Waals surface area contributed by atoms with Crippen LogP contribution < -0.4 is 0 Å². The Morgan fingerprint density at radius 1 is 1.60 bits per heavy atom. The van der Waals surface area contributed by atoms with Gasteiger partial charge < -0.3 is 5.11 Å². The van der Waals surface area contributed by atoms with E-state index in [1.54, 1.807) is 0 Å². The molecule has 1 aliphatic carbocycles. The molecule has 1 aromatic rings. The van der Waals surface area contributed by atoms with Crippen molar-refractivity contribution in [2.75, 3.05) is 0 Å². The molecule has 0 unspecified atom stereocenters. The van der Waals surface area contributed by atoms with Gasteiger partial charge in [-0.1, -0.05) is 6.42 Å². The summed E-state index contributed by atoms with van der Waals surface area (Å²) < 4.78 is 1.85. The van der Waals surface area contributed by atoms with Crippen LogP contribution >= 0.6 is 0 Å². The number of aryl methyl sites for hydroxylation is 1. The predicted molar refractivity (Wildman–Crippen MR) is 53.3 cm³/mol. The van der Waals surface area contributed by atoms with Crippen LogP contribution in [0.4, 0.5) is 0 Å². The molecule has 0 amide bonds. The quantitative estimate of drug-likeness (QED) is 0.788. The fourth-order valence-corrected chi connectivity index (χ4v) is 1.77. The highest BCUT2D eigenvalue weighted by Gasteiger charge is 2.19. The van der Waals surface area contributed by atoms with Crippen molar-refractivity contribution in [3.63, 3.8) is 0 Å². The number of carboxylic acid groups (broad SMARTS) is 1. The summed E-state index contributed by atoms with van der Waals surface area (Å²) in [7, 11) is 0. The van der Waals surface area contributed by atoms with Gasteiger partial charge in [-0.05, 0) is 18.8 Å². The molecule has 1 heterocycles. The van der Waals surface area contributed by atoms with E-state index >= 15 is 0 Å². The standard InChI is InChI=1S/C10H15N3O2/c14-10(15)5-4-9-11-7-12-13(9)6-8-2-1-3-8/h7-8H,1-6H2,(H,14,15). The number of aliphatic carboxylic acids is 1. The van der Waals surface area contributed by atoms with Crippen molar-refractivity contribution in [1.29, 1.82) is 0 Å². The zero-order valence-electron chi connectivity index (χ0n) is 8.59. The molecule has 1 aliphatic rings. The van der Waals surface area contributed by atoms with E-state index in [-0.39, 0.29) is 6.42 Å². The van der Waals surface area contributed by atoms with Crippen molar-refractivity contribution >= 4 is 5.97 Å².